The van der Waals surface area contributed by atoms with E-state index in [1.807, 2.05) is 18.2 Å². The average Bonchev–Trinajstić information content (AvgIpc) is 2.93. The zero-order valence-electron chi connectivity index (χ0n) is 10.5. The highest BCUT2D eigenvalue weighted by Crippen LogP contribution is 2.44. The van der Waals surface area contributed by atoms with Crippen LogP contribution >= 0.6 is 0 Å². The maximum Gasteiger partial charge on any atom is 0.148 e. The Hall–Kier alpha value is -1.46. The third-order valence-corrected chi connectivity index (χ3v) is 3.34. The second-order valence-corrected chi connectivity index (χ2v) is 5.23. The molecule has 1 N–H and O–H groups in total. The average molecular weight is 229 g/mol. The highest BCUT2D eigenvalue weighted by atomic mass is 16.5. The number of benzene rings is 1. The molecule has 0 bridgehead atoms. The van der Waals surface area contributed by atoms with Crippen LogP contribution in [0.4, 0.5) is 0 Å². The molecule has 1 fully saturated rings. The van der Waals surface area contributed by atoms with Gasteiger partial charge in [0.05, 0.1) is 0 Å². The van der Waals surface area contributed by atoms with Gasteiger partial charge in [0, 0.05) is 18.2 Å². The number of para-hydroxylation sites is 1. The smallest absolute Gasteiger partial charge is 0.148 e. The fraction of sp³-hybridized carbons (Fsp3) is 0.467. The van der Waals surface area contributed by atoms with Crippen molar-refractivity contribution >= 4 is 0 Å². The van der Waals surface area contributed by atoms with E-state index >= 15 is 0 Å². The van der Waals surface area contributed by atoms with E-state index in [1.54, 1.807) is 0 Å². The molecule has 0 spiro atoms. The fourth-order valence-electron chi connectivity index (χ4n) is 1.96. The summed E-state index contributed by atoms with van der Waals surface area (Å²) in [5.74, 6) is 3.38. The first-order valence-electron chi connectivity index (χ1n) is 6.01. The van der Waals surface area contributed by atoms with E-state index in [2.05, 4.69) is 31.2 Å². The molecule has 1 saturated carbocycles. The van der Waals surface area contributed by atoms with Gasteiger partial charge in [0.1, 0.15) is 12.4 Å². The topological polar surface area (TPSA) is 21.3 Å². The van der Waals surface area contributed by atoms with Gasteiger partial charge in [-0.1, -0.05) is 38.0 Å². The van der Waals surface area contributed by atoms with Gasteiger partial charge in [-0.3, -0.25) is 0 Å². The Morgan fingerprint density at radius 1 is 1.47 bits per heavy atom. The van der Waals surface area contributed by atoms with E-state index in [-0.39, 0.29) is 0 Å². The van der Waals surface area contributed by atoms with Crippen molar-refractivity contribution in [2.24, 2.45) is 5.41 Å². The van der Waals surface area contributed by atoms with E-state index in [0.29, 0.717) is 18.1 Å². The zero-order chi connectivity index (χ0) is 12.3. The zero-order valence-corrected chi connectivity index (χ0v) is 10.5. The second kappa shape index (κ2) is 4.81. The van der Waals surface area contributed by atoms with Crippen LogP contribution in [-0.4, -0.2) is 12.6 Å². The summed E-state index contributed by atoms with van der Waals surface area (Å²) in [7, 11) is 0. The monoisotopic (exact) mass is 229 g/mol. The Labute approximate surface area is 103 Å². The lowest BCUT2D eigenvalue weighted by Crippen LogP contribution is -2.20. The number of hydrogen-bond donors (Lipinski definition) is 1. The standard InChI is InChI=1S/C15H19NO/c1-4-9-17-13-8-6-5-7-12(13)11-16-14-10-15(14,2)3/h1,5-8,14,16H,9-11H2,2-3H3. The Bertz CT molecular complexity index is 431. The third kappa shape index (κ3) is 3.01. The SMILES string of the molecule is C#CCOc1ccccc1CNC1CC1(C)C. The summed E-state index contributed by atoms with van der Waals surface area (Å²) in [6, 6.07) is 8.66. The van der Waals surface area contributed by atoms with E-state index in [0.717, 1.165) is 12.3 Å². The molecule has 1 aliphatic carbocycles. The van der Waals surface area contributed by atoms with Gasteiger partial charge >= 0.3 is 0 Å². The maximum atomic E-state index is 5.51. The molecule has 2 heteroatoms. The van der Waals surface area contributed by atoms with Crippen LogP contribution in [0.15, 0.2) is 24.3 Å². The van der Waals surface area contributed by atoms with E-state index in [4.69, 9.17) is 11.2 Å². The molecule has 0 aromatic heterocycles. The minimum atomic E-state index is 0.325. The van der Waals surface area contributed by atoms with Gasteiger partial charge in [-0.15, -0.1) is 6.42 Å². The summed E-state index contributed by atoms with van der Waals surface area (Å²) in [4.78, 5) is 0. The van der Waals surface area contributed by atoms with Gasteiger partial charge in [0.15, 0.2) is 0 Å². The Morgan fingerprint density at radius 3 is 2.82 bits per heavy atom. The van der Waals surface area contributed by atoms with Crippen LogP contribution in [0, 0.1) is 17.8 Å². The molecule has 0 saturated heterocycles. The minimum Gasteiger partial charge on any atom is -0.481 e. The van der Waals surface area contributed by atoms with Crippen LogP contribution in [0.2, 0.25) is 0 Å². The number of terminal acetylenes is 1. The van der Waals surface area contributed by atoms with E-state index in [1.165, 1.54) is 12.0 Å². The van der Waals surface area contributed by atoms with Crippen LogP contribution in [0.3, 0.4) is 0 Å². The molecule has 90 valence electrons. The van der Waals surface area contributed by atoms with Crippen LogP contribution < -0.4 is 10.1 Å². The van der Waals surface area contributed by atoms with Gasteiger partial charge in [0.25, 0.3) is 0 Å². The molecular formula is C15H19NO. The van der Waals surface area contributed by atoms with Crippen molar-refractivity contribution in [3.8, 4) is 18.1 Å². The molecule has 1 atom stereocenters. The molecule has 1 aromatic carbocycles. The fourth-order valence-corrected chi connectivity index (χ4v) is 1.96. The third-order valence-electron chi connectivity index (χ3n) is 3.34. The first-order valence-corrected chi connectivity index (χ1v) is 6.01. The Morgan fingerprint density at radius 2 is 2.18 bits per heavy atom. The van der Waals surface area contributed by atoms with Crippen molar-refractivity contribution in [1.29, 1.82) is 0 Å². The molecule has 1 aliphatic rings. The molecule has 0 aliphatic heterocycles. The van der Waals surface area contributed by atoms with Crippen LogP contribution in [0.25, 0.3) is 0 Å². The summed E-state index contributed by atoms with van der Waals surface area (Å²) in [6.07, 6.45) is 6.45. The van der Waals surface area contributed by atoms with Crippen molar-refractivity contribution in [3.05, 3.63) is 29.8 Å². The van der Waals surface area contributed by atoms with Gasteiger partial charge in [-0.2, -0.15) is 0 Å². The highest BCUT2D eigenvalue weighted by molar-refractivity contribution is 5.33. The van der Waals surface area contributed by atoms with Crippen LogP contribution in [0.5, 0.6) is 5.75 Å². The lowest BCUT2D eigenvalue weighted by atomic mass is 10.1. The van der Waals surface area contributed by atoms with E-state index < -0.39 is 0 Å². The normalized spacial score (nSPS) is 20.6. The molecule has 0 amide bonds. The quantitative estimate of drug-likeness (QED) is 0.784. The molecule has 1 unspecified atom stereocenters. The van der Waals surface area contributed by atoms with Gasteiger partial charge < -0.3 is 10.1 Å². The predicted molar refractivity (Wildman–Crippen MR) is 69.8 cm³/mol. The highest BCUT2D eigenvalue weighted by Gasteiger charge is 2.45. The second-order valence-electron chi connectivity index (χ2n) is 5.23. The summed E-state index contributed by atoms with van der Waals surface area (Å²) in [5, 5.41) is 3.55. The van der Waals surface area contributed by atoms with Crippen molar-refractivity contribution in [3.63, 3.8) is 0 Å². The number of hydrogen-bond acceptors (Lipinski definition) is 2. The predicted octanol–water partition coefficient (Wildman–Crippen LogP) is 2.59. The minimum absolute atomic E-state index is 0.325. The lowest BCUT2D eigenvalue weighted by molar-refractivity contribution is 0.364. The largest absolute Gasteiger partial charge is 0.481 e. The summed E-state index contributed by atoms with van der Waals surface area (Å²) in [6.45, 7) is 5.73. The van der Waals surface area contributed by atoms with Gasteiger partial charge in [0.2, 0.25) is 0 Å². The Balaban J connectivity index is 1.93. The molecule has 0 heterocycles. The van der Waals surface area contributed by atoms with Crippen LogP contribution in [0.1, 0.15) is 25.8 Å². The van der Waals surface area contributed by atoms with E-state index in [9.17, 15) is 0 Å². The van der Waals surface area contributed by atoms with Gasteiger partial charge in [-0.25, -0.2) is 0 Å². The van der Waals surface area contributed by atoms with Crippen molar-refractivity contribution < 1.29 is 4.74 Å². The van der Waals surface area contributed by atoms with Crippen LogP contribution in [-0.2, 0) is 6.54 Å². The molecular weight excluding hydrogens is 210 g/mol. The number of ether oxygens (including phenoxy) is 1. The molecule has 2 rings (SSSR count). The Kier molecular flexibility index (Phi) is 3.40. The maximum absolute atomic E-state index is 5.51. The van der Waals surface area contributed by atoms with Crippen molar-refractivity contribution in [2.45, 2.75) is 32.9 Å². The summed E-state index contributed by atoms with van der Waals surface area (Å²) in [5.41, 5.74) is 1.62. The summed E-state index contributed by atoms with van der Waals surface area (Å²) >= 11 is 0. The lowest BCUT2D eigenvalue weighted by Gasteiger charge is -2.11. The number of rotatable bonds is 5. The summed E-state index contributed by atoms with van der Waals surface area (Å²) < 4.78 is 5.51. The van der Waals surface area contributed by atoms with Gasteiger partial charge in [-0.05, 0) is 17.9 Å². The number of nitrogens with one attached hydrogen (secondary N) is 1. The molecule has 17 heavy (non-hydrogen) atoms. The van der Waals surface area contributed by atoms with Crippen molar-refractivity contribution in [1.82, 2.24) is 5.32 Å². The molecule has 0 radical (unpaired) electrons. The molecule has 1 aromatic rings. The molecule has 2 nitrogen and oxygen atoms in total. The first kappa shape index (κ1) is 12.0. The van der Waals surface area contributed by atoms with Crippen molar-refractivity contribution in [2.75, 3.05) is 6.61 Å². The first-order chi connectivity index (χ1) is 8.13.